The molecule has 0 atom stereocenters. The summed E-state index contributed by atoms with van der Waals surface area (Å²) in [6, 6.07) is 0. The largest absolute Gasteiger partial charge is 0.481 e. The van der Waals surface area contributed by atoms with Gasteiger partial charge in [-0.15, -0.1) is 11.3 Å². The normalized spacial score (nSPS) is 11.8. The number of rotatable bonds is 5. The lowest BCUT2D eigenvalue weighted by Gasteiger charge is -2.13. The zero-order valence-electron chi connectivity index (χ0n) is 11.0. The Balaban J connectivity index is 2.92. The summed E-state index contributed by atoms with van der Waals surface area (Å²) in [6.07, 6.45) is 2.80. The van der Waals surface area contributed by atoms with Crippen LogP contribution in [0.3, 0.4) is 0 Å². The number of thiazole rings is 1. The van der Waals surface area contributed by atoms with Gasteiger partial charge in [-0.3, -0.25) is 4.79 Å². The van der Waals surface area contributed by atoms with E-state index in [-0.39, 0.29) is 11.8 Å². The van der Waals surface area contributed by atoms with E-state index in [2.05, 4.69) is 32.7 Å². The molecule has 1 heterocycles. The quantitative estimate of drug-likeness (QED) is 0.877. The molecule has 0 bridgehead atoms. The first-order valence-electron chi connectivity index (χ1n) is 6.05. The Morgan fingerprint density at radius 2 is 2.00 bits per heavy atom. The number of aryl methyl sites for hydroxylation is 2. The second-order valence-corrected chi connectivity index (χ2v) is 6.37. The van der Waals surface area contributed by atoms with Gasteiger partial charge in [0.05, 0.1) is 17.1 Å². The van der Waals surface area contributed by atoms with E-state index >= 15 is 0 Å². The molecule has 0 aromatic carbocycles. The van der Waals surface area contributed by atoms with Gasteiger partial charge in [-0.25, -0.2) is 4.98 Å². The molecule has 1 aromatic rings. The fourth-order valence-corrected chi connectivity index (χ4v) is 2.72. The first kappa shape index (κ1) is 14.2. The van der Waals surface area contributed by atoms with Crippen molar-refractivity contribution in [3.8, 4) is 0 Å². The molecule has 17 heavy (non-hydrogen) atoms. The van der Waals surface area contributed by atoms with E-state index in [4.69, 9.17) is 5.11 Å². The van der Waals surface area contributed by atoms with Crippen molar-refractivity contribution < 1.29 is 9.90 Å². The Bertz CT molecular complexity index is 391. The zero-order valence-corrected chi connectivity index (χ0v) is 11.9. The van der Waals surface area contributed by atoms with Crippen molar-refractivity contribution in [2.75, 3.05) is 0 Å². The second kappa shape index (κ2) is 5.63. The molecule has 0 fully saturated rings. The number of nitrogens with zero attached hydrogens (tertiary/aromatic N) is 1. The number of hydrogen-bond donors (Lipinski definition) is 1. The molecule has 0 amide bonds. The predicted molar refractivity (Wildman–Crippen MR) is 70.8 cm³/mol. The summed E-state index contributed by atoms with van der Waals surface area (Å²) in [7, 11) is 0. The fraction of sp³-hybridized carbons (Fsp3) is 0.692. The molecular formula is C13H21NO2S. The van der Waals surface area contributed by atoms with Crippen LogP contribution in [0.1, 0.15) is 56.1 Å². The van der Waals surface area contributed by atoms with Gasteiger partial charge in [0.15, 0.2) is 0 Å². The fourth-order valence-electron chi connectivity index (χ4n) is 1.55. The summed E-state index contributed by atoms with van der Waals surface area (Å²) in [5, 5.41) is 9.86. The number of aliphatic carboxylic acids is 1. The Morgan fingerprint density at radius 1 is 1.35 bits per heavy atom. The van der Waals surface area contributed by atoms with Crippen LogP contribution in [0.15, 0.2) is 0 Å². The van der Waals surface area contributed by atoms with Crippen molar-refractivity contribution in [2.24, 2.45) is 0 Å². The highest BCUT2D eigenvalue weighted by Crippen LogP contribution is 2.30. The van der Waals surface area contributed by atoms with Crippen molar-refractivity contribution in [3.63, 3.8) is 0 Å². The van der Waals surface area contributed by atoms with Crippen LogP contribution >= 0.6 is 11.3 Å². The molecule has 0 aliphatic heterocycles. The summed E-state index contributed by atoms with van der Waals surface area (Å²) < 4.78 is 0. The highest BCUT2D eigenvalue weighted by molar-refractivity contribution is 7.11. The SMILES string of the molecule is CCCc1nc(C(C)(C)C)sc1CCC(=O)O. The number of hydrogen-bond acceptors (Lipinski definition) is 3. The van der Waals surface area contributed by atoms with Gasteiger partial charge in [-0.2, -0.15) is 0 Å². The Labute approximate surface area is 107 Å². The van der Waals surface area contributed by atoms with Crippen LogP contribution in [0.2, 0.25) is 0 Å². The minimum absolute atomic E-state index is 0.0502. The second-order valence-electron chi connectivity index (χ2n) is 5.28. The lowest BCUT2D eigenvalue weighted by molar-refractivity contribution is -0.136. The highest BCUT2D eigenvalue weighted by atomic mass is 32.1. The van der Waals surface area contributed by atoms with Gasteiger partial charge in [0, 0.05) is 10.3 Å². The number of carboxylic acid groups (broad SMARTS) is 1. The molecule has 0 aliphatic carbocycles. The van der Waals surface area contributed by atoms with Gasteiger partial charge < -0.3 is 5.11 Å². The van der Waals surface area contributed by atoms with E-state index in [0.29, 0.717) is 6.42 Å². The number of carboxylic acids is 1. The smallest absolute Gasteiger partial charge is 0.303 e. The average Bonchev–Trinajstić information content (AvgIpc) is 2.58. The summed E-state index contributed by atoms with van der Waals surface area (Å²) in [6.45, 7) is 8.55. The molecule has 1 N–H and O–H groups in total. The summed E-state index contributed by atoms with van der Waals surface area (Å²) in [5.41, 5.74) is 1.15. The van der Waals surface area contributed by atoms with Crippen molar-refractivity contribution in [1.29, 1.82) is 0 Å². The van der Waals surface area contributed by atoms with E-state index < -0.39 is 5.97 Å². The Morgan fingerprint density at radius 3 is 2.47 bits per heavy atom. The van der Waals surface area contributed by atoms with Gasteiger partial charge >= 0.3 is 5.97 Å². The third-order valence-electron chi connectivity index (χ3n) is 2.47. The average molecular weight is 255 g/mol. The standard InChI is InChI=1S/C13H21NO2S/c1-5-6-9-10(7-8-11(15)16)17-12(14-9)13(2,3)4/h5-8H2,1-4H3,(H,15,16). The van der Waals surface area contributed by atoms with Gasteiger partial charge in [0.25, 0.3) is 0 Å². The maximum atomic E-state index is 10.6. The van der Waals surface area contributed by atoms with Gasteiger partial charge in [-0.05, 0) is 12.8 Å². The van der Waals surface area contributed by atoms with Crippen molar-refractivity contribution in [2.45, 2.75) is 58.8 Å². The summed E-state index contributed by atoms with van der Waals surface area (Å²) in [4.78, 5) is 16.5. The van der Waals surface area contributed by atoms with E-state index in [1.165, 1.54) is 0 Å². The molecule has 0 saturated carbocycles. The van der Waals surface area contributed by atoms with Crippen LogP contribution in [-0.2, 0) is 23.1 Å². The van der Waals surface area contributed by atoms with Gasteiger partial charge in [-0.1, -0.05) is 34.1 Å². The van der Waals surface area contributed by atoms with Crippen LogP contribution in [0.5, 0.6) is 0 Å². The monoisotopic (exact) mass is 255 g/mol. The molecule has 0 unspecified atom stereocenters. The molecule has 0 saturated heterocycles. The van der Waals surface area contributed by atoms with E-state index in [9.17, 15) is 4.79 Å². The van der Waals surface area contributed by atoms with E-state index in [1.54, 1.807) is 11.3 Å². The molecule has 96 valence electrons. The summed E-state index contributed by atoms with van der Waals surface area (Å²) in [5.74, 6) is -0.738. The number of carbonyl (C=O) groups is 1. The van der Waals surface area contributed by atoms with Gasteiger partial charge in [0.2, 0.25) is 0 Å². The summed E-state index contributed by atoms with van der Waals surface area (Å²) >= 11 is 1.67. The molecule has 0 spiro atoms. The molecule has 0 radical (unpaired) electrons. The first-order valence-corrected chi connectivity index (χ1v) is 6.87. The Kier molecular flexibility index (Phi) is 4.69. The maximum Gasteiger partial charge on any atom is 0.303 e. The molecule has 3 nitrogen and oxygen atoms in total. The highest BCUT2D eigenvalue weighted by Gasteiger charge is 2.21. The Hall–Kier alpha value is -0.900. The lowest BCUT2D eigenvalue weighted by atomic mass is 9.98. The number of aromatic nitrogens is 1. The first-order chi connectivity index (χ1) is 7.84. The maximum absolute atomic E-state index is 10.6. The minimum Gasteiger partial charge on any atom is -0.481 e. The van der Waals surface area contributed by atoms with Crippen LogP contribution in [0.25, 0.3) is 0 Å². The molecule has 4 heteroatoms. The molecule has 1 rings (SSSR count). The predicted octanol–water partition coefficient (Wildman–Crippen LogP) is 3.41. The van der Waals surface area contributed by atoms with Crippen molar-refractivity contribution in [3.05, 3.63) is 15.6 Å². The molecular weight excluding hydrogens is 234 g/mol. The van der Waals surface area contributed by atoms with Gasteiger partial charge in [0.1, 0.15) is 0 Å². The van der Waals surface area contributed by atoms with Crippen LogP contribution in [0, 0.1) is 0 Å². The van der Waals surface area contributed by atoms with Crippen LogP contribution in [0.4, 0.5) is 0 Å². The van der Waals surface area contributed by atoms with E-state index in [0.717, 1.165) is 28.4 Å². The van der Waals surface area contributed by atoms with Crippen molar-refractivity contribution in [1.82, 2.24) is 4.98 Å². The third kappa shape index (κ3) is 4.11. The third-order valence-corrected chi connectivity index (χ3v) is 4.06. The molecule has 1 aromatic heterocycles. The topological polar surface area (TPSA) is 50.2 Å². The minimum atomic E-state index is -0.738. The van der Waals surface area contributed by atoms with Crippen LogP contribution in [-0.4, -0.2) is 16.1 Å². The molecule has 0 aliphatic rings. The lowest BCUT2D eigenvalue weighted by Crippen LogP contribution is -2.10. The van der Waals surface area contributed by atoms with E-state index in [1.807, 2.05) is 0 Å². The zero-order chi connectivity index (χ0) is 13.1. The van der Waals surface area contributed by atoms with Crippen LogP contribution < -0.4 is 0 Å². The van der Waals surface area contributed by atoms with Crippen molar-refractivity contribution >= 4 is 17.3 Å².